The van der Waals surface area contributed by atoms with E-state index < -0.39 is 0 Å². The zero-order valence-electron chi connectivity index (χ0n) is 13.4. The summed E-state index contributed by atoms with van der Waals surface area (Å²) in [6.07, 6.45) is 1.57. The van der Waals surface area contributed by atoms with E-state index in [9.17, 15) is 4.79 Å². The van der Waals surface area contributed by atoms with Crippen molar-refractivity contribution in [2.24, 2.45) is 5.10 Å². The van der Waals surface area contributed by atoms with Crippen molar-refractivity contribution in [1.29, 1.82) is 0 Å². The molecule has 7 heteroatoms. The van der Waals surface area contributed by atoms with Gasteiger partial charge in [0.15, 0.2) is 0 Å². The number of carbonyl (C=O) groups excluding carboxylic acids is 1. The number of H-pyrrole nitrogens is 1. The maximum absolute atomic E-state index is 12.1. The minimum absolute atomic E-state index is 0.329. The lowest BCUT2D eigenvalue weighted by Crippen LogP contribution is -2.18. The predicted octanol–water partition coefficient (Wildman–Crippen LogP) is 3.61. The Morgan fingerprint density at radius 2 is 2.00 bits per heavy atom. The zero-order valence-corrected chi connectivity index (χ0v) is 14.9. The Morgan fingerprint density at radius 3 is 2.72 bits per heavy atom. The number of halogens is 1. The maximum Gasteiger partial charge on any atom is 0.289 e. The van der Waals surface area contributed by atoms with E-state index in [1.165, 1.54) is 0 Å². The van der Waals surface area contributed by atoms with Crippen LogP contribution in [-0.2, 0) is 0 Å². The largest absolute Gasteiger partial charge is 0.497 e. The fourth-order valence-electron chi connectivity index (χ4n) is 2.15. The van der Waals surface area contributed by atoms with Gasteiger partial charge >= 0.3 is 0 Å². The van der Waals surface area contributed by atoms with Crippen LogP contribution in [0.1, 0.15) is 16.1 Å². The summed E-state index contributed by atoms with van der Waals surface area (Å²) >= 11 is 3.42. The van der Waals surface area contributed by atoms with Gasteiger partial charge in [-0.3, -0.25) is 9.89 Å². The molecule has 6 nitrogen and oxygen atoms in total. The van der Waals surface area contributed by atoms with E-state index in [1.807, 2.05) is 48.5 Å². The van der Waals surface area contributed by atoms with Gasteiger partial charge in [-0.2, -0.15) is 10.2 Å². The van der Waals surface area contributed by atoms with E-state index in [4.69, 9.17) is 4.74 Å². The SMILES string of the molecule is COc1ccc(-c2cc(C(=O)N/N=C/c3ccccc3Br)[nH]n2)cc1. The van der Waals surface area contributed by atoms with Crippen LogP contribution >= 0.6 is 15.9 Å². The molecule has 1 amide bonds. The molecule has 2 aromatic carbocycles. The highest BCUT2D eigenvalue weighted by Gasteiger charge is 2.10. The van der Waals surface area contributed by atoms with E-state index in [0.29, 0.717) is 11.4 Å². The number of nitrogens with zero attached hydrogens (tertiary/aromatic N) is 2. The first-order valence-electron chi connectivity index (χ1n) is 7.45. The van der Waals surface area contributed by atoms with Gasteiger partial charge in [0.25, 0.3) is 5.91 Å². The van der Waals surface area contributed by atoms with Crippen LogP contribution in [0.4, 0.5) is 0 Å². The van der Waals surface area contributed by atoms with Gasteiger partial charge in [-0.25, -0.2) is 5.43 Å². The number of hydrazone groups is 1. The van der Waals surface area contributed by atoms with Gasteiger partial charge in [-0.1, -0.05) is 34.1 Å². The van der Waals surface area contributed by atoms with E-state index in [1.54, 1.807) is 19.4 Å². The van der Waals surface area contributed by atoms with Crippen molar-refractivity contribution in [3.63, 3.8) is 0 Å². The summed E-state index contributed by atoms with van der Waals surface area (Å²) in [5, 5.41) is 10.8. The van der Waals surface area contributed by atoms with Crippen LogP contribution in [-0.4, -0.2) is 29.4 Å². The number of aromatic nitrogens is 2. The second-order valence-electron chi connectivity index (χ2n) is 5.12. The van der Waals surface area contributed by atoms with Crippen LogP contribution in [0.5, 0.6) is 5.75 Å². The highest BCUT2D eigenvalue weighted by Crippen LogP contribution is 2.21. The molecule has 1 heterocycles. The third-order valence-corrected chi connectivity index (χ3v) is 4.21. The van der Waals surface area contributed by atoms with Gasteiger partial charge in [0.1, 0.15) is 11.4 Å². The average Bonchev–Trinajstić information content (AvgIpc) is 3.13. The average molecular weight is 399 g/mol. The molecule has 0 aliphatic rings. The number of carbonyl (C=O) groups is 1. The molecular formula is C18H15BrN4O2. The summed E-state index contributed by atoms with van der Waals surface area (Å²) in [6, 6.07) is 16.7. The number of methoxy groups -OCH3 is 1. The molecule has 0 saturated carbocycles. The van der Waals surface area contributed by atoms with E-state index >= 15 is 0 Å². The quantitative estimate of drug-likeness (QED) is 0.508. The van der Waals surface area contributed by atoms with E-state index in [0.717, 1.165) is 21.3 Å². The summed E-state index contributed by atoms with van der Waals surface area (Å²) < 4.78 is 6.03. The molecule has 0 radical (unpaired) electrons. The van der Waals surface area contributed by atoms with Crippen molar-refractivity contribution in [2.75, 3.05) is 7.11 Å². The Bertz CT molecular complexity index is 903. The highest BCUT2D eigenvalue weighted by molar-refractivity contribution is 9.10. The molecule has 126 valence electrons. The second kappa shape index (κ2) is 7.76. The Hall–Kier alpha value is -2.93. The highest BCUT2D eigenvalue weighted by atomic mass is 79.9. The van der Waals surface area contributed by atoms with E-state index in [2.05, 4.69) is 36.7 Å². The molecule has 3 rings (SSSR count). The number of benzene rings is 2. The van der Waals surface area contributed by atoms with Crippen molar-refractivity contribution in [2.45, 2.75) is 0 Å². The maximum atomic E-state index is 12.1. The number of nitrogens with one attached hydrogen (secondary N) is 2. The minimum atomic E-state index is -0.365. The lowest BCUT2D eigenvalue weighted by Gasteiger charge is -2.00. The Balaban J connectivity index is 1.67. The summed E-state index contributed by atoms with van der Waals surface area (Å²) in [5.41, 5.74) is 5.22. The molecule has 0 saturated heterocycles. The first kappa shape index (κ1) is 16.9. The Kier molecular flexibility index (Phi) is 5.25. The van der Waals surface area contributed by atoms with Gasteiger partial charge in [-0.05, 0) is 36.4 Å². The van der Waals surface area contributed by atoms with Crippen LogP contribution in [0.3, 0.4) is 0 Å². The van der Waals surface area contributed by atoms with Crippen molar-refractivity contribution < 1.29 is 9.53 Å². The molecule has 0 aliphatic heterocycles. The normalized spacial score (nSPS) is 10.8. The number of hydrogen-bond acceptors (Lipinski definition) is 4. The molecule has 25 heavy (non-hydrogen) atoms. The molecule has 0 atom stereocenters. The molecule has 2 N–H and O–H groups in total. The van der Waals surface area contributed by atoms with Gasteiger partial charge < -0.3 is 4.74 Å². The van der Waals surface area contributed by atoms with Crippen molar-refractivity contribution in [3.8, 4) is 17.0 Å². The smallest absolute Gasteiger partial charge is 0.289 e. The minimum Gasteiger partial charge on any atom is -0.497 e. The van der Waals surface area contributed by atoms with Gasteiger partial charge in [-0.15, -0.1) is 0 Å². The summed E-state index contributed by atoms with van der Waals surface area (Å²) in [6.45, 7) is 0. The zero-order chi connectivity index (χ0) is 17.6. The Labute approximate surface area is 153 Å². The molecule has 0 bridgehead atoms. The summed E-state index contributed by atoms with van der Waals surface area (Å²) in [4.78, 5) is 12.1. The van der Waals surface area contributed by atoms with Crippen molar-refractivity contribution >= 4 is 28.1 Å². The van der Waals surface area contributed by atoms with Crippen LogP contribution in [0.25, 0.3) is 11.3 Å². The van der Waals surface area contributed by atoms with E-state index in [-0.39, 0.29) is 5.91 Å². The van der Waals surface area contributed by atoms with Crippen LogP contribution in [0, 0.1) is 0 Å². The molecular weight excluding hydrogens is 384 g/mol. The Morgan fingerprint density at radius 1 is 1.24 bits per heavy atom. The number of amides is 1. The molecule has 0 fully saturated rings. The third kappa shape index (κ3) is 4.13. The second-order valence-corrected chi connectivity index (χ2v) is 5.97. The molecule has 0 aliphatic carbocycles. The predicted molar refractivity (Wildman–Crippen MR) is 99.8 cm³/mol. The van der Waals surface area contributed by atoms with Crippen LogP contribution in [0.15, 0.2) is 64.2 Å². The number of rotatable bonds is 5. The van der Waals surface area contributed by atoms with Gasteiger partial charge in [0, 0.05) is 15.6 Å². The number of aromatic amines is 1. The number of hydrogen-bond donors (Lipinski definition) is 2. The first-order valence-corrected chi connectivity index (χ1v) is 8.24. The first-order chi connectivity index (χ1) is 12.2. The van der Waals surface area contributed by atoms with Gasteiger partial charge in [0.05, 0.1) is 19.0 Å². The van der Waals surface area contributed by atoms with Crippen molar-refractivity contribution in [3.05, 3.63) is 70.3 Å². The summed E-state index contributed by atoms with van der Waals surface area (Å²) in [7, 11) is 1.61. The molecule has 1 aromatic heterocycles. The van der Waals surface area contributed by atoms with Crippen LogP contribution in [0.2, 0.25) is 0 Å². The fourth-order valence-corrected chi connectivity index (χ4v) is 2.54. The van der Waals surface area contributed by atoms with Gasteiger partial charge in [0.2, 0.25) is 0 Å². The lowest BCUT2D eigenvalue weighted by atomic mass is 10.1. The monoisotopic (exact) mass is 398 g/mol. The topological polar surface area (TPSA) is 79.4 Å². The molecule has 0 spiro atoms. The molecule has 3 aromatic rings. The summed E-state index contributed by atoms with van der Waals surface area (Å²) in [5.74, 6) is 0.397. The fraction of sp³-hybridized carbons (Fsp3) is 0.0556. The lowest BCUT2D eigenvalue weighted by molar-refractivity contribution is 0.0950. The van der Waals surface area contributed by atoms with Crippen LogP contribution < -0.4 is 10.2 Å². The standard InChI is InChI=1S/C18H15BrN4O2/c1-25-14-8-6-12(7-9-14)16-10-17(22-21-16)18(24)23-20-11-13-4-2-3-5-15(13)19/h2-11H,1H3,(H,21,22)(H,23,24)/b20-11+. The number of ether oxygens (including phenoxy) is 1. The van der Waals surface area contributed by atoms with Crippen molar-refractivity contribution in [1.82, 2.24) is 15.6 Å². The third-order valence-electron chi connectivity index (χ3n) is 3.48. The molecule has 0 unspecified atom stereocenters.